The van der Waals surface area contributed by atoms with Gasteiger partial charge in [0.05, 0.1) is 11.1 Å². The van der Waals surface area contributed by atoms with Crippen LogP contribution in [0.25, 0.3) is 0 Å². The van der Waals surface area contributed by atoms with Crippen molar-refractivity contribution in [3.8, 4) is 0 Å². The minimum absolute atomic E-state index is 0.221. The van der Waals surface area contributed by atoms with Crippen molar-refractivity contribution in [1.29, 1.82) is 0 Å². The van der Waals surface area contributed by atoms with Crippen LogP contribution in [0.15, 0.2) is 18.2 Å². The highest BCUT2D eigenvalue weighted by molar-refractivity contribution is 6.22. The zero-order chi connectivity index (χ0) is 19.7. The molecule has 0 radical (unpaired) electrons. The first-order chi connectivity index (χ1) is 12.8. The minimum Gasteiger partial charge on any atom is -0.480 e. The van der Waals surface area contributed by atoms with Crippen molar-refractivity contribution in [2.75, 3.05) is 13.1 Å². The second kappa shape index (κ2) is 7.50. The van der Waals surface area contributed by atoms with Crippen LogP contribution in [0.3, 0.4) is 0 Å². The number of fused-ring (bicyclic) bond motifs is 1. The number of carboxylic acids is 1. The Morgan fingerprint density at radius 1 is 1.19 bits per heavy atom. The molecule has 144 valence electrons. The summed E-state index contributed by atoms with van der Waals surface area (Å²) in [6, 6.07) is 3.57. The van der Waals surface area contributed by atoms with E-state index < -0.39 is 17.9 Å². The smallest absolute Gasteiger partial charge is 0.326 e. The van der Waals surface area contributed by atoms with E-state index in [-0.39, 0.29) is 28.9 Å². The van der Waals surface area contributed by atoms with Crippen LogP contribution >= 0.6 is 0 Å². The first-order valence-corrected chi connectivity index (χ1v) is 9.39. The van der Waals surface area contributed by atoms with Gasteiger partial charge in [-0.25, -0.2) is 4.79 Å². The van der Waals surface area contributed by atoms with Gasteiger partial charge in [0.2, 0.25) is 0 Å². The quantitative estimate of drug-likeness (QED) is 0.801. The van der Waals surface area contributed by atoms with E-state index in [1.54, 1.807) is 0 Å². The van der Waals surface area contributed by atoms with Gasteiger partial charge in [-0.15, -0.1) is 0 Å². The average Bonchev–Trinajstić information content (AvgIpc) is 2.89. The molecule has 0 saturated carbocycles. The fourth-order valence-corrected chi connectivity index (χ4v) is 3.73. The van der Waals surface area contributed by atoms with Gasteiger partial charge in [0.15, 0.2) is 0 Å². The van der Waals surface area contributed by atoms with Crippen LogP contribution in [0.1, 0.15) is 70.6 Å². The number of carboxylic acid groups (broad SMARTS) is 1. The summed E-state index contributed by atoms with van der Waals surface area (Å²) in [6.07, 6.45) is 2.74. The van der Waals surface area contributed by atoms with E-state index in [0.29, 0.717) is 25.1 Å². The zero-order valence-corrected chi connectivity index (χ0v) is 15.6. The summed E-state index contributed by atoms with van der Waals surface area (Å²) in [4.78, 5) is 52.0. The Balaban J connectivity index is 1.87. The molecule has 2 atom stereocenters. The van der Waals surface area contributed by atoms with Gasteiger partial charge in [-0.2, -0.15) is 0 Å². The highest BCUT2D eigenvalue weighted by Crippen LogP contribution is 2.28. The minimum atomic E-state index is -1.02. The van der Waals surface area contributed by atoms with Gasteiger partial charge in [0.25, 0.3) is 17.7 Å². The molecule has 1 N–H and O–H groups in total. The highest BCUT2D eigenvalue weighted by Gasteiger charge is 2.38. The number of hydrogen-bond donors (Lipinski definition) is 1. The fourth-order valence-electron chi connectivity index (χ4n) is 3.73. The number of carbonyl (C=O) groups excluding carboxylic acids is 3. The first kappa shape index (κ1) is 19.1. The summed E-state index contributed by atoms with van der Waals surface area (Å²) in [5, 5.41) is 9.47. The molecule has 2 unspecified atom stereocenters. The zero-order valence-electron chi connectivity index (χ0n) is 15.6. The molecule has 0 aliphatic carbocycles. The molecule has 3 rings (SSSR count). The molecule has 0 aromatic heterocycles. The van der Waals surface area contributed by atoms with Crippen LogP contribution < -0.4 is 0 Å². The van der Waals surface area contributed by atoms with Gasteiger partial charge < -0.3 is 10.0 Å². The van der Waals surface area contributed by atoms with Gasteiger partial charge in [-0.1, -0.05) is 20.3 Å². The number of imide groups is 1. The van der Waals surface area contributed by atoms with E-state index in [1.807, 2.05) is 13.8 Å². The Labute approximate surface area is 157 Å². The van der Waals surface area contributed by atoms with Gasteiger partial charge >= 0.3 is 5.97 Å². The number of nitrogens with zero attached hydrogens (tertiary/aromatic N) is 2. The Hall–Kier alpha value is -2.70. The van der Waals surface area contributed by atoms with Gasteiger partial charge in [0.1, 0.15) is 6.04 Å². The first-order valence-electron chi connectivity index (χ1n) is 9.39. The van der Waals surface area contributed by atoms with Crippen LogP contribution in [0.5, 0.6) is 0 Å². The Morgan fingerprint density at radius 3 is 2.56 bits per heavy atom. The van der Waals surface area contributed by atoms with E-state index in [1.165, 1.54) is 28.0 Å². The van der Waals surface area contributed by atoms with Crippen LogP contribution in [0.4, 0.5) is 0 Å². The van der Waals surface area contributed by atoms with Crippen LogP contribution in [0, 0.1) is 5.92 Å². The van der Waals surface area contributed by atoms with Crippen molar-refractivity contribution in [1.82, 2.24) is 9.80 Å². The molecule has 2 heterocycles. The van der Waals surface area contributed by atoms with E-state index in [9.17, 15) is 24.3 Å². The third-order valence-corrected chi connectivity index (χ3v) is 5.36. The standard InChI is InChI=1S/C20H24N2O5/c1-3-4-8-22-18(24)14-6-5-13(11-15(14)19(22)25)17(23)21-9-7-12(2)10-16(21)20(26)27/h5-6,11-12,16H,3-4,7-10H2,1-2H3,(H,26,27). The van der Waals surface area contributed by atoms with Crippen molar-refractivity contribution in [3.05, 3.63) is 34.9 Å². The molecule has 1 fully saturated rings. The SMILES string of the molecule is CCCCN1C(=O)c2ccc(C(=O)N3CCC(C)CC3C(=O)O)cc2C1=O. The Bertz CT molecular complexity index is 804. The number of benzene rings is 1. The second-order valence-electron chi connectivity index (χ2n) is 7.36. The number of unbranched alkanes of at least 4 members (excludes halogenated alkanes) is 1. The molecule has 7 heteroatoms. The molecular weight excluding hydrogens is 348 g/mol. The van der Waals surface area contributed by atoms with Crippen molar-refractivity contribution in [3.63, 3.8) is 0 Å². The van der Waals surface area contributed by atoms with Crippen LogP contribution in [-0.2, 0) is 4.79 Å². The van der Waals surface area contributed by atoms with E-state index in [0.717, 1.165) is 19.3 Å². The third-order valence-electron chi connectivity index (χ3n) is 5.36. The summed E-state index contributed by atoms with van der Waals surface area (Å²) in [6.45, 7) is 4.68. The highest BCUT2D eigenvalue weighted by atomic mass is 16.4. The predicted octanol–water partition coefficient (Wildman–Crippen LogP) is 2.41. The molecule has 3 amide bonds. The number of piperidine rings is 1. The lowest BCUT2D eigenvalue weighted by molar-refractivity contribution is -0.144. The monoisotopic (exact) mass is 372 g/mol. The summed E-state index contributed by atoms with van der Waals surface area (Å²) < 4.78 is 0. The maximum Gasteiger partial charge on any atom is 0.326 e. The van der Waals surface area contributed by atoms with Gasteiger partial charge in [-0.3, -0.25) is 19.3 Å². The van der Waals surface area contributed by atoms with E-state index >= 15 is 0 Å². The normalized spacial score (nSPS) is 22.1. The van der Waals surface area contributed by atoms with E-state index in [2.05, 4.69) is 0 Å². The Kier molecular flexibility index (Phi) is 5.30. The van der Waals surface area contributed by atoms with Crippen molar-refractivity contribution in [2.24, 2.45) is 5.92 Å². The topological polar surface area (TPSA) is 95.0 Å². The Morgan fingerprint density at radius 2 is 1.89 bits per heavy atom. The second-order valence-corrected chi connectivity index (χ2v) is 7.36. The molecule has 27 heavy (non-hydrogen) atoms. The van der Waals surface area contributed by atoms with Crippen molar-refractivity contribution in [2.45, 2.75) is 45.6 Å². The summed E-state index contributed by atoms with van der Waals surface area (Å²) >= 11 is 0. The molecule has 0 spiro atoms. The lowest BCUT2D eigenvalue weighted by Gasteiger charge is -2.36. The molecule has 2 aliphatic heterocycles. The lowest BCUT2D eigenvalue weighted by Crippen LogP contribution is -2.49. The number of amides is 3. The van der Waals surface area contributed by atoms with Crippen LogP contribution in [0.2, 0.25) is 0 Å². The number of aliphatic carboxylic acids is 1. The fraction of sp³-hybridized carbons (Fsp3) is 0.500. The van der Waals surface area contributed by atoms with E-state index in [4.69, 9.17) is 0 Å². The number of hydrogen-bond acceptors (Lipinski definition) is 4. The molecular formula is C20H24N2O5. The molecule has 1 aromatic rings. The summed E-state index contributed by atoms with van der Waals surface area (Å²) in [5.74, 6) is -1.92. The number of carbonyl (C=O) groups is 4. The van der Waals surface area contributed by atoms with Gasteiger partial charge in [0, 0.05) is 18.7 Å². The number of rotatable bonds is 5. The average molecular weight is 372 g/mol. The largest absolute Gasteiger partial charge is 0.480 e. The summed E-state index contributed by atoms with van der Waals surface area (Å²) in [5.41, 5.74) is 0.766. The van der Waals surface area contributed by atoms with Crippen molar-refractivity contribution >= 4 is 23.7 Å². The molecule has 1 aromatic carbocycles. The summed E-state index contributed by atoms with van der Waals surface area (Å²) in [7, 11) is 0. The molecule has 1 saturated heterocycles. The van der Waals surface area contributed by atoms with Crippen molar-refractivity contribution < 1.29 is 24.3 Å². The molecule has 2 aliphatic rings. The molecule has 7 nitrogen and oxygen atoms in total. The van der Waals surface area contributed by atoms with Crippen LogP contribution in [-0.4, -0.2) is 57.7 Å². The lowest BCUT2D eigenvalue weighted by atomic mass is 9.91. The molecule has 0 bridgehead atoms. The predicted molar refractivity (Wildman–Crippen MR) is 97.6 cm³/mol. The third kappa shape index (κ3) is 3.46. The maximum atomic E-state index is 12.9. The van der Waals surface area contributed by atoms with Gasteiger partial charge in [-0.05, 0) is 43.4 Å². The maximum absolute atomic E-state index is 12.9. The number of likely N-dealkylation sites (tertiary alicyclic amines) is 1.